The van der Waals surface area contributed by atoms with Gasteiger partial charge < -0.3 is 4.98 Å². The molecule has 2 aromatic rings. The summed E-state index contributed by atoms with van der Waals surface area (Å²) in [6.07, 6.45) is 0. The Labute approximate surface area is 80.0 Å². The van der Waals surface area contributed by atoms with Gasteiger partial charge in [-0.15, -0.1) is 0 Å². The molecule has 0 amide bonds. The van der Waals surface area contributed by atoms with Crippen molar-refractivity contribution < 1.29 is 0 Å². The van der Waals surface area contributed by atoms with E-state index in [0.717, 1.165) is 20.6 Å². The number of benzene rings is 1. The average molecular weight is 196 g/mol. The second-order valence-corrected chi connectivity index (χ2v) is 3.43. The number of aromatic nitrogens is 1. The van der Waals surface area contributed by atoms with Crippen molar-refractivity contribution in [2.45, 2.75) is 0 Å². The Kier molecular flexibility index (Phi) is 1.87. The molecule has 60 valence electrons. The van der Waals surface area contributed by atoms with Crippen LogP contribution in [0.25, 0.3) is 10.9 Å². The standard InChI is InChI=1S/C9H6ClNS/c10-7-3-1-6-2-4-9(12)11-8(6)5-7/h1-5H,(H,11,12). The first-order valence-corrected chi connectivity index (χ1v) is 4.33. The summed E-state index contributed by atoms with van der Waals surface area (Å²) in [7, 11) is 0. The van der Waals surface area contributed by atoms with E-state index < -0.39 is 0 Å². The second-order valence-electron chi connectivity index (χ2n) is 2.55. The van der Waals surface area contributed by atoms with Gasteiger partial charge in [0.25, 0.3) is 0 Å². The molecule has 0 radical (unpaired) electrons. The number of hydrogen-bond donors (Lipinski definition) is 1. The zero-order valence-corrected chi connectivity index (χ0v) is 7.75. The lowest BCUT2D eigenvalue weighted by Gasteiger charge is -1.97. The zero-order chi connectivity index (χ0) is 8.55. The maximum atomic E-state index is 5.82. The molecule has 0 spiro atoms. The number of fused-ring (bicyclic) bond motifs is 1. The van der Waals surface area contributed by atoms with Crippen molar-refractivity contribution in [3.8, 4) is 0 Å². The Balaban J connectivity index is 2.89. The van der Waals surface area contributed by atoms with Gasteiger partial charge in [0.2, 0.25) is 0 Å². The summed E-state index contributed by atoms with van der Waals surface area (Å²) in [5.74, 6) is 0. The predicted molar refractivity (Wildman–Crippen MR) is 54.1 cm³/mol. The lowest BCUT2D eigenvalue weighted by atomic mass is 10.2. The molecule has 1 nitrogen and oxygen atoms in total. The number of H-pyrrole nitrogens is 1. The third-order valence-electron chi connectivity index (χ3n) is 1.69. The van der Waals surface area contributed by atoms with Gasteiger partial charge in [-0.2, -0.15) is 0 Å². The summed E-state index contributed by atoms with van der Waals surface area (Å²) in [4.78, 5) is 3.06. The summed E-state index contributed by atoms with van der Waals surface area (Å²) in [6, 6.07) is 9.53. The summed E-state index contributed by atoms with van der Waals surface area (Å²) < 4.78 is 0.727. The molecule has 0 unspecified atom stereocenters. The second kappa shape index (κ2) is 2.88. The van der Waals surface area contributed by atoms with E-state index in [2.05, 4.69) is 4.98 Å². The molecule has 1 N–H and O–H groups in total. The van der Waals surface area contributed by atoms with Crippen molar-refractivity contribution >= 4 is 34.7 Å². The maximum absolute atomic E-state index is 5.82. The van der Waals surface area contributed by atoms with Crippen molar-refractivity contribution in [2.75, 3.05) is 0 Å². The molecular weight excluding hydrogens is 190 g/mol. The Morgan fingerprint density at radius 2 is 1.92 bits per heavy atom. The quantitative estimate of drug-likeness (QED) is 0.636. The van der Waals surface area contributed by atoms with E-state index in [9.17, 15) is 0 Å². The zero-order valence-electron chi connectivity index (χ0n) is 6.17. The predicted octanol–water partition coefficient (Wildman–Crippen LogP) is 3.55. The lowest BCUT2D eigenvalue weighted by Crippen LogP contribution is -1.77. The minimum atomic E-state index is 0.722. The molecule has 0 aliphatic carbocycles. The van der Waals surface area contributed by atoms with Gasteiger partial charge in [0.15, 0.2) is 0 Å². The van der Waals surface area contributed by atoms with E-state index >= 15 is 0 Å². The number of nitrogens with one attached hydrogen (secondary N) is 1. The monoisotopic (exact) mass is 195 g/mol. The van der Waals surface area contributed by atoms with Crippen molar-refractivity contribution in [2.24, 2.45) is 0 Å². The molecule has 0 saturated heterocycles. The highest BCUT2D eigenvalue weighted by atomic mass is 35.5. The van der Waals surface area contributed by atoms with Gasteiger partial charge >= 0.3 is 0 Å². The van der Waals surface area contributed by atoms with Crippen LogP contribution in [0.15, 0.2) is 30.3 Å². The first-order chi connectivity index (χ1) is 5.75. The highest BCUT2D eigenvalue weighted by Gasteiger charge is 1.92. The number of hydrogen-bond acceptors (Lipinski definition) is 1. The fourth-order valence-corrected chi connectivity index (χ4v) is 1.47. The Morgan fingerprint density at radius 3 is 2.75 bits per heavy atom. The van der Waals surface area contributed by atoms with Crippen LogP contribution in [-0.4, -0.2) is 4.98 Å². The van der Waals surface area contributed by atoms with E-state index in [1.54, 1.807) is 0 Å². The topological polar surface area (TPSA) is 15.8 Å². The van der Waals surface area contributed by atoms with Crippen LogP contribution in [-0.2, 0) is 0 Å². The van der Waals surface area contributed by atoms with Gasteiger partial charge in [0.1, 0.15) is 4.64 Å². The van der Waals surface area contributed by atoms with Crippen LogP contribution in [0, 0.1) is 4.64 Å². The molecule has 1 aromatic heterocycles. The highest BCUT2D eigenvalue weighted by molar-refractivity contribution is 7.71. The molecule has 3 heteroatoms. The minimum absolute atomic E-state index is 0.722. The number of rotatable bonds is 0. The summed E-state index contributed by atoms with van der Waals surface area (Å²) in [6.45, 7) is 0. The molecule has 0 saturated carbocycles. The van der Waals surface area contributed by atoms with E-state index in [-0.39, 0.29) is 0 Å². The van der Waals surface area contributed by atoms with Gasteiger partial charge in [0.05, 0.1) is 0 Å². The number of pyridine rings is 1. The Morgan fingerprint density at radius 1 is 1.17 bits per heavy atom. The molecule has 2 rings (SSSR count). The van der Waals surface area contributed by atoms with Crippen LogP contribution in [0.3, 0.4) is 0 Å². The highest BCUT2D eigenvalue weighted by Crippen LogP contribution is 2.16. The Hall–Kier alpha value is -0.860. The third-order valence-corrected chi connectivity index (χ3v) is 2.16. The van der Waals surface area contributed by atoms with Crippen LogP contribution in [0.4, 0.5) is 0 Å². The maximum Gasteiger partial charge on any atom is 0.103 e. The van der Waals surface area contributed by atoms with Crippen molar-refractivity contribution in [1.82, 2.24) is 4.98 Å². The molecular formula is C9H6ClNS. The smallest absolute Gasteiger partial charge is 0.103 e. The van der Waals surface area contributed by atoms with Crippen LogP contribution < -0.4 is 0 Å². The van der Waals surface area contributed by atoms with Gasteiger partial charge in [0, 0.05) is 10.5 Å². The van der Waals surface area contributed by atoms with Gasteiger partial charge in [-0.3, -0.25) is 0 Å². The summed E-state index contributed by atoms with van der Waals surface area (Å²) in [5, 5.41) is 1.84. The number of aromatic amines is 1. The molecule has 1 aromatic carbocycles. The fourth-order valence-electron chi connectivity index (χ4n) is 1.12. The van der Waals surface area contributed by atoms with E-state index in [4.69, 9.17) is 23.8 Å². The fraction of sp³-hybridized carbons (Fsp3) is 0. The molecule has 0 bridgehead atoms. The Bertz CT molecular complexity index is 475. The number of halogens is 1. The van der Waals surface area contributed by atoms with Gasteiger partial charge in [-0.1, -0.05) is 29.9 Å². The molecule has 0 fully saturated rings. The van der Waals surface area contributed by atoms with Crippen LogP contribution in [0.1, 0.15) is 0 Å². The summed E-state index contributed by atoms with van der Waals surface area (Å²) in [5.41, 5.74) is 0.981. The van der Waals surface area contributed by atoms with Crippen LogP contribution in [0.5, 0.6) is 0 Å². The third kappa shape index (κ3) is 1.36. The summed E-state index contributed by atoms with van der Waals surface area (Å²) >= 11 is 10.8. The first-order valence-electron chi connectivity index (χ1n) is 3.54. The van der Waals surface area contributed by atoms with Crippen LogP contribution >= 0.6 is 23.8 Å². The average Bonchev–Trinajstić information content (AvgIpc) is 2.03. The van der Waals surface area contributed by atoms with E-state index in [1.807, 2.05) is 30.3 Å². The van der Waals surface area contributed by atoms with Crippen molar-refractivity contribution in [3.63, 3.8) is 0 Å². The van der Waals surface area contributed by atoms with Crippen LogP contribution in [0.2, 0.25) is 5.02 Å². The molecule has 0 aliphatic rings. The normalized spacial score (nSPS) is 10.4. The van der Waals surface area contributed by atoms with Crippen molar-refractivity contribution in [3.05, 3.63) is 40.0 Å². The van der Waals surface area contributed by atoms with E-state index in [0.29, 0.717) is 0 Å². The lowest BCUT2D eigenvalue weighted by molar-refractivity contribution is 1.38. The molecule has 0 atom stereocenters. The largest absolute Gasteiger partial charge is 0.346 e. The van der Waals surface area contributed by atoms with E-state index in [1.165, 1.54) is 0 Å². The van der Waals surface area contributed by atoms with Crippen molar-refractivity contribution in [1.29, 1.82) is 0 Å². The molecule has 12 heavy (non-hydrogen) atoms. The molecule has 1 heterocycles. The minimum Gasteiger partial charge on any atom is -0.346 e. The SMILES string of the molecule is S=c1ccc2ccc(Cl)cc2[nH]1. The first kappa shape index (κ1) is 7.77. The van der Waals surface area contributed by atoms with Gasteiger partial charge in [-0.05, 0) is 29.7 Å². The molecule has 0 aliphatic heterocycles. The van der Waals surface area contributed by atoms with Gasteiger partial charge in [-0.25, -0.2) is 0 Å².